The van der Waals surface area contributed by atoms with Crippen molar-refractivity contribution in [2.75, 3.05) is 11.9 Å². The van der Waals surface area contributed by atoms with Gasteiger partial charge in [-0.25, -0.2) is 0 Å². The standard InChI is InChI=1S/C13H16ClN3O/c1-3-13(2,8-16)12(18)17-10-5-4-9(7-15)11(14)6-10/h4-6H,3,8,16H2,1-2H3,(H,17,18). The number of rotatable bonds is 4. The Morgan fingerprint density at radius 3 is 2.72 bits per heavy atom. The summed E-state index contributed by atoms with van der Waals surface area (Å²) < 4.78 is 0. The molecule has 1 rings (SSSR count). The molecular weight excluding hydrogens is 250 g/mol. The number of anilines is 1. The lowest BCUT2D eigenvalue weighted by molar-refractivity contribution is -0.124. The van der Waals surface area contributed by atoms with Crippen LogP contribution in [0.2, 0.25) is 5.02 Å². The van der Waals surface area contributed by atoms with Crippen molar-refractivity contribution in [2.24, 2.45) is 11.1 Å². The first kappa shape index (κ1) is 14.5. The molecule has 1 unspecified atom stereocenters. The Labute approximate surface area is 112 Å². The minimum absolute atomic E-state index is 0.145. The molecule has 1 aromatic rings. The summed E-state index contributed by atoms with van der Waals surface area (Å²) in [6.45, 7) is 4.01. The van der Waals surface area contributed by atoms with Gasteiger partial charge in [-0.05, 0) is 31.5 Å². The van der Waals surface area contributed by atoms with Crippen molar-refractivity contribution in [3.63, 3.8) is 0 Å². The van der Waals surface area contributed by atoms with E-state index in [0.29, 0.717) is 22.7 Å². The summed E-state index contributed by atoms with van der Waals surface area (Å²) >= 11 is 5.90. The number of benzene rings is 1. The molecule has 1 amide bonds. The zero-order valence-electron chi connectivity index (χ0n) is 10.5. The number of nitrogens with two attached hydrogens (primary N) is 1. The van der Waals surface area contributed by atoms with Crippen LogP contribution in [0.5, 0.6) is 0 Å². The molecule has 0 fully saturated rings. The Morgan fingerprint density at radius 2 is 2.28 bits per heavy atom. The van der Waals surface area contributed by atoms with Crippen LogP contribution >= 0.6 is 11.6 Å². The third kappa shape index (κ3) is 3.00. The van der Waals surface area contributed by atoms with Gasteiger partial charge in [0.25, 0.3) is 0 Å². The normalized spacial score (nSPS) is 13.5. The van der Waals surface area contributed by atoms with Crippen LogP contribution in [0.25, 0.3) is 0 Å². The van der Waals surface area contributed by atoms with E-state index < -0.39 is 5.41 Å². The Kier molecular flexibility index (Phi) is 4.71. The molecule has 0 saturated heterocycles. The van der Waals surface area contributed by atoms with E-state index in [1.807, 2.05) is 19.9 Å². The molecule has 3 N–H and O–H groups in total. The van der Waals surface area contributed by atoms with Crippen molar-refractivity contribution in [2.45, 2.75) is 20.3 Å². The maximum Gasteiger partial charge on any atom is 0.231 e. The van der Waals surface area contributed by atoms with Gasteiger partial charge in [0.1, 0.15) is 6.07 Å². The average Bonchev–Trinajstić information content (AvgIpc) is 2.38. The van der Waals surface area contributed by atoms with Crippen molar-refractivity contribution < 1.29 is 4.79 Å². The molecule has 0 saturated carbocycles. The summed E-state index contributed by atoms with van der Waals surface area (Å²) in [4.78, 5) is 12.1. The predicted octanol–water partition coefficient (Wildman–Crippen LogP) is 2.53. The summed E-state index contributed by atoms with van der Waals surface area (Å²) in [5.74, 6) is -0.145. The van der Waals surface area contributed by atoms with E-state index in [2.05, 4.69) is 5.32 Å². The van der Waals surface area contributed by atoms with Gasteiger partial charge in [0.05, 0.1) is 16.0 Å². The molecule has 0 aliphatic heterocycles. The molecule has 1 aromatic carbocycles. The molecule has 4 nitrogen and oxygen atoms in total. The van der Waals surface area contributed by atoms with Crippen LogP contribution in [0.3, 0.4) is 0 Å². The van der Waals surface area contributed by atoms with Crippen LogP contribution in [-0.4, -0.2) is 12.5 Å². The van der Waals surface area contributed by atoms with E-state index in [1.54, 1.807) is 18.2 Å². The van der Waals surface area contributed by atoms with E-state index in [0.717, 1.165) is 0 Å². The molecule has 0 aliphatic rings. The Hall–Kier alpha value is -1.57. The van der Waals surface area contributed by atoms with E-state index >= 15 is 0 Å². The second-order valence-electron chi connectivity index (χ2n) is 4.38. The van der Waals surface area contributed by atoms with Gasteiger partial charge in [-0.3, -0.25) is 4.79 Å². The molecule has 0 aromatic heterocycles. The molecule has 1 atom stereocenters. The lowest BCUT2D eigenvalue weighted by Gasteiger charge is -2.25. The SMILES string of the molecule is CCC(C)(CN)C(=O)Nc1ccc(C#N)c(Cl)c1. The fourth-order valence-corrected chi connectivity index (χ4v) is 1.59. The van der Waals surface area contributed by atoms with E-state index in [9.17, 15) is 4.79 Å². The van der Waals surface area contributed by atoms with Gasteiger partial charge in [0.15, 0.2) is 0 Å². The van der Waals surface area contributed by atoms with Gasteiger partial charge >= 0.3 is 0 Å². The van der Waals surface area contributed by atoms with Crippen LogP contribution in [0.1, 0.15) is 25.8 Å². The van der Waals surface area contributed by atoms with Gasteiger partial charge < -0.3 is 11.1 Å². The molecule has 18 heavy (non-hydrogen) atoms. The molecule has 0 bridgehead atoms. The van der Waals surface area contributed by atoms with Crippen LogP contribution in [0.4, 0.5) is 5.69 Å². The maximum absolute atomic E-state index is 12.1. The summed E-state index contributed by atoms with van der Waals surface area (Å²) in [6.07, 6.45) is 0.652. The first-order valence-corrected chi connectivity index (χ1v) is 6.06. The Bertz CT molecular complexity index is 489. The van der Waals surface area contributed by atoms with Gasteiger partial charge in [-0.15, -0.1) is 0 Å². The third-order valence-corrected chi connectivity index (χ3v) is 3.44. The van der Waals surface area contributed by atoms with Crippen molar-refractivity contribution >= 4 is 23.2 Å². The van der Waals surface area contributed by atoms with Gasteiger partial charge in [0, 0.05) is 12.2 Å². The van der Waals surface area contributed by atoms with Gasteiger partial charge in [-0.2, -0.15) is 5.26 Å². The highest BCUT2D eigenvalue weighted by Crippen LogP contribution is 2.24. The fraction of sp³-hybridized carbons (Fsp3) is 0.385. The zero-order valence-corrected chi connectivity index (χ0v) is 11.2. The van der Waals surface area contributed by atoms with E-state index in [-0.39, 0.29) is 12.5 Å². The topological polar surface area (TPSA) is 78.9 Å². The first-order chi connectivity index (χ1) is 8.46. The van der Waals surface area contributed by atoms with Crippen molar-refractivity contribution in [3.05, 3.63) is 28.8 Å². The van der Waals surface area contributed by atoms with Crippen molar-refractivity contribution in [1.29, 1.82) is 5.26 Å². The minimum atomic E-state index is -0.597. The average molecular weight is 266 g/mol. The van der Waals surface area contributed by atoms with E-state index in [4.69, 9.17) is 22.6 Å². The quantitative estimate of drug-likeness (QED) is 0.878. The number of nitriles is 1. The number of nitrogens with one attached hydrogen (secondary N) is 1. The molecule has 0 radical (unpaired) electrons. The highest BCUT2D eigenvalue weighted by Gasteiger charge is 2.29. The third-order valence-electron chi connectivity index (χ3n) is 3.13. The summed E-state index contributed by atoms with van der Waals surface area (Å²) in [5.41, 5.74) is 5.97. The van der Waals surface area contributed by atoms with Crippen LogP contribution in [0, 0.1) is 16.7 Å². The number of hydrogen-bond donors (Lipinski definition) is 2. The predicted molar refractivity (Wildman–Crippen MR) is 72.2 cm³/mol. The van der Waals surface area contributed by atoms with Crippen molar-refractivity contribution in [3.8, 4) is 6.07 Å². The van der Waals surface area contributed by atoms with Gasteiger partial charge in [-0.1, -0.05) is 18.5 Å². The van der Waals surface area contributed by atoms with Crippen molar-refractivity contribution in [1.82, 2.24) is 0 Å². The van der Waals surface area contributed by atoms with Crippen LogP contribution < -0.4 is 11.1 Å². The monoisotopic (exact) mass is 265 g/mol. The minimum Gasteiger partial charge on any atom is -0.329 e. The number of nitrogens with zero attached hydrogens (tertiary/aromatic N) is 1. The lowest BCUT2D eigenvalue weighted by atomic mass is 9.86. The first-order valence-electron chi connectivity index (χ1n) is 5.68. The second-order valence-corrected chi connectivity index (χ2v) is 4.79. The molecule has 0 spiro atoms. The molecule has 0 aliphatic carbocycles. The largest absolute Gasteiger partial charge is 0.329 e. The molecule has 0 heterocycles. The van der Waals surface area contributed by atoms with E-state index in [1.165, 1.54) is 0 Å². The highest BCUT2D eigenvalue weighted by atomic mass is 35.5. The van der Waals surface area contributed by atoms with Gasteiger partial charge in [0.2, 0.25) is 5.91 Å². The van der Waals surface area contributed by atoms with Crippen LogP contribution in [0.15, 0.2) is 18.2 Å². The number of carbonyl (C=O) groups is 1. The highest BCUT2D eigenvalue weighted by molar-refractivity contribution is 6.32. The smallest absolute Gasteiger partial charge is 0.231 e. The second kappa shape index (κ2) is 5.85. The fourth-order valence-electron chi connectivity index (χ4n) is 1.36. The molecule has 96 valence electrons. The number of carbonyl (C=O) groups excluding carboxylic acids is 1. The summed E-state index contributed by atoms with van der Waals surface area (Å²) in [5, 5.41) is 11.8. The number of amides is 1. The summed E-state index contributed by atoms with van der Waals surface area (Å²) in [6, 6.07) is 6.74. The summed E-state index contributed by atoms with van der Waals surface area (Å²) in [7, 11) is 0. The number of halogens is 1. The Balaban J connectivity index is 2.90. The molecule has 5 heteroatoms. The maximum atomic E-state index is 12.1. The Morgan fingerprint density at radius 1 is 1.61 bits per heavy atom. The zero-order chi connectivity index (χ0) is 13.8. The molecular formula is C13H16ClN3O. The number of hydrogen-bond acceptors (Lipinski definition) is 3. The van der Waals surface area contributed by atoms with Crippen LogP contribution in [-0.2, 0) is 4.79 Å². The lowest BCUT2D eigenvalue weighted by Crippen LogP contribution is -2.39.